The molecule has 2 aromatic carbocycles. The number of hydrogen-bond donors (Lipinski definition) is 1. The van der Waals surface area contributed by atoms with Crippen molar-refractivity contribution in [1.29, 1.82) is 0 Å². The molecule has 0 aliphatic heterocycles. The van der Waals surface area contributed by atoms with Crippen LogP contribution in [0.15, 0.2) is 60.7 Å². The second-order valence-corrected chi connectivity index (χ2v) is 14.0. The number of carbonyl (C=O) groups excluding carboxylic acids is 1. The van der Waals surface area contributed by atoms with Gasteiger partial charge in [0.1, 0.15) is 6.10 Å². The largest absolute Gasteiger partial charge is 0.481 e. The molecule has 1 fully saturated rings. The first-order valence-electron chi connectivity index (χ1n) is 11.3. The highest BCUT2D eigenvalue weighted by Crippen LogP contribution is 2.41. The number of carboxylic acids is 1. The zero-order chi connectivity index (χ0) is 23.4. The van der Waals surface area contributed by atoms with Gasteiger partial charge in [0, 0.05) is 19.4 Å². The second-order valence-electron chi connectivity index (χ2n) is 9.72. The van der Waals surface area contributed by atoms with Crippen molar-refractivity contribution in [3.05, 3.63) is 60.7 Å². The molecular formula is C26H34O5Si. The van der Waals surface area contributed by atoms with Crippen molar-refractivity contribution in [3.63, 3.8) is 0 Å². The number of aliphatic carboxylic acids is 1. The number of ether oxygens (including phenoxy) is 1. The third-order valence-corrected chi connectivity index (χ3v) is 11.6. The van der Waals surface area contributed by atoms with Gasteiger partial charge < -0.3 is 14.3 Å². The quantitative estimate of drug-likeness (QED) is 0.482. The molecule has 0 bridgehead atoms. The van der Waals surface area contributed by atoms with Crippen LogP contribution in [0, 0.1) is 11.8 Å². The summed E-state index contributed by atoms with van der Waals surface area (Å²) in [4.78, 5) is 23.1. The molecule has 1 saturated carbocycles. The Morgan fingerprint density at radius 3 is 1.94 bits per heavy atom. The van der Waals surface area contributed by atoms with E-state index in [-0.39, 0.29) is 35.4 Å². The topological polar surface area (TPSA) is 72.8 Å². The van der Waals surface area contributed by atoms with Gasteiger partial charge in [0.05, 0.1) is 6.42 Å². The SMILES string of the molecule is CC(=O)O[C@@H]1CC[C@@H](CO[Si](c2ccccc2)(c2ccccc2)C(C)(C)C)[C@@H]1CC(=O)O. The fourth-order valence-electron chi connectivity index (χ4n) is 5.17. The average molecular weight is 455 g/mol. The normalized spacial score (nSPS) is 21.3. The molecule has 0 spiro atoms. The van der Waals surface area contributed by atoms with Gasteiger partial charge in [0.25, 0.3) is 8.32 Å². The summed E-state index contributed by atoms with van der Waals surface area (Å²) >= 11 is 0. The molecule has 0 saturated heterocycles. The van der Waals surface area contributed by atoms with Gasteiger partial charge in [-0.2, -0.15) is 0 Å². The van der Waals surface area contributed by atoms with Crippen LogP contribution in [0.1, 0.15) is 47.0 Å². The molecule has 1 aliphatic rings. The lowest BCUT2D eigenvalue weighted by molar-refractivity contribution is -0.151. The minimum Gasteiger partial charge on any atom is -0.481 e. The molecule has 0 radical (unpaired) electrons. The molecule has 0 aromatic heterocycles. The molecule has 0 unspecified atom stereocenters. The van der Waals surface area contributed by atoms with Crippen molar-refractivity contribution in [1.82, 2.24) is 0 Å². The lowest BCUT2D eigenvalue weighted by Crippen LogP contribution is -2.67. The Kier molecular flexibility index (Phi) is 7.57. The van der Waals surface area contributed by atoms with Crippen LogP contribution in [0.4, 0.5) is 0 Å². The molecule has 2 aromatic rings. The Hall–Kier alpha value is -2.44. The maximum absolute atomic E-state index is 11.6. The Morgan fingerprint density at radius 2 is 1.50 bits per heavy atom. The number of carbonyl (C=O) groups is 2. The Morgan fingerprint density at radius 1 is 0.969 bits per heavy atom. The molecule has 0 amide bonds. The first kappa shape index (κ1) is 24.2. The number of benzene rings is 2. The lowest BCUT2D eigenvalue weighted by atomic mass is 9.92. The standard InChI is InChI=1S/C26H34O5Si/c1-19(27)31-24-16-15-20(23(24)17-25(28)29)18-30-32(26(2,3)4,21-11-7-5-8-12-21)22-13-9-6-10-14-22/h5-14,20,23-24H,15-18H2,1-4H3,(H,28,29)/t20-,23-,24+/m0/s1. The molecule has 5 nitrogen and oxygen atoms in total. The second kappa shape index (κ2) is 10.0. The maximum Gasteiger partial charge on any atom is 0.303 e. The fourth-order valence-corrected chi connectivity index (χ4v) is 9.79. The van der Waals surface area contributed by atoms with E-state index in [4.69, 9.17) is 9.16 Å². The molecule has 3 rings (SSSR count). The number of esters is 1. The van der Waals surface area contributed by atoms with Crippen molar-refractivity contribution in [2.45, 2.75) is 58.1 Å². The van der Waals surface area contributed by atoms with Gasteiger partial charge in [-0.05, 0) is 34.2 Å². The maximum atomic E-state index is 11.6. The van der Waals surface area contributed by atoms with E-state index in [2.05, 4.69) is 69.3 Å². The van der Waals surface area contributed by atoms with Crippen molar-refractivity contribution in [2.24, 2.45) is 11.8 Å². The van der Waals surface area contributed by atoms with Gasteiger partial charge in [0.2, 0.25) is 0 Å². The van der Waals surface area contributed by atoms with E-state index in [1.165, 1.54) is 17.3 Å². The summed E-state index contributed by atoms with van der Waals surface area (Å²) < 4.78 is 12.5. The van der Waals surface area contributed by atoms with Gasteiger partial charge in [0.15, 0.2) is 0 Å². The molecule has 1 N–H and O–H groups in total. The Balaban J connectivity index is 1.97. The summed E-state index contributed by atoms with van der Waals surface area (Å²) in [6.45, 7) is 8.51. The van der Waals surface area contributed by atoms with Crippen LogP contribution >= 0.6 is 0 Å². The molecule has 0 heterocycles. The van der Waals surface area contributed by atoms with E-state index < -0.39 is 14.3 Å². The highest BCUT2D eigenvalue weighted by Gasteiger charge is 2.51. The average Bonchev–Trinajstić information content (AvgIpc) is 3.09. The van der Waals surface area contributed by atoms with Gasteiger partial charge in [-0.15, -0.1) is 0 Å². The van der Waals surface area contributed by atoms with Crippen molar-refractivity contribution < 1.29 is 23.9 Å². The minimum atomic E-state index is -2.70. The molecule has 172 valence electrons. The third kappa shape index (κ3) is 5.13. The van der Waals surface area contributed by atoms with E-state index in [1.807, 2.05) is 12.1 Å². The third-order valence-electron chi connectivity index (χ3n) is 6.56. The van der Waals surface area contributed by atoms with Gasteiger partial charge in [-0.1, -0.05) is 81.4 Å². The number of carboxylic acid groups (broad SMARTS) is 1. The van der Waals surface area contributed by atoms with E-state index in [0.717, 1.165) is 6.42 Å². The molecule has 32 heavy (non-hydrogen) atoms. The van der Waals surface area contributed by atoms with Crippen LogP contribution in [0.3, 0.4) is 0 Å². The molecule has 6 heteroatoms. The number of hydrogen-bond acceptors (Lipinski definition) is 4. The molecule has 3 atom stereocenters. The Labute approximate surface area is 191 Å². The van der Waals surface area contributed by atoms with Crippen LogP contribution in [0.5, 0.6) is 0 Å². The van der Waals surface area contributed by atoms with Crippen molar-refractivity contribution in [2.75, 3.05) is 6.61 Å². The van der Waals surface area contributed by atoms with Gasteiger partial charge in [-0.25, -0.2) is 0 Å². The first-order chi connectivity index (χ1) is 15.1. The van der Waals surface area contributed by atoms with Crippen LogP contribution in [0.2, 0.25) is 5.04 Å². The zero-order valence-corrected chi connectivity index (χ0v) is 20.4. The van der Waals surface area contributed by atoms with Crippen molar-refractivity contribution >= 4 is 30.6 Å². The van der Waals surface area contributed by atoms with Crippen LogP contribution in [0.25, 0.3) is 0 Å². The van der Waals surface area contributed by atoms with Crippen molar-refractivity contribution in [3.8, 4) is 0 Å². The summed E-state index contributed by atoms with van der Waals surface area (Å²) in [6, 6.07) is 20.8. The summed E-state index contributed by atoms with van der Waals surface area (Å²) in [5.74, 6) is -1.45. The van der Waals surface area contributed by atoms with Crippen LogP contribution in [-0.4, -0.2) is 38.1 Å². The summed E-state index contributed by atoms with van der Waals surface area (Å²) in [6.07, 6.45) is 1.07. The summed E-state index contributed by atoms with van der Waals surface area (Å²) in [5.41, 5.74) is 0. The van der Waals surface area contributed by atoms with E-state index in [0.29, 0.717) is 13.0 Å². The van der Waals surface area contributed by atoms with Gasteiger partial charge >= 0.3 is 11.9 Å². The van der Waals surface area contributed by atoms with Crippen LogP contribution < -0.4 is 10.4 Å². The smallest absolute Gasteiger partial charge is 0.303 e. The molecule has 1 aliphatic carbocycles. The number of rotatable bonds is 8. The lowest BCUT2D eigenvalue weighted by Gasteiger charge is -2.44. The fraction of sp³-hybridized carbons (Fsp3) is 0.462. The van der Waals surface area contributed by atoms with Gasteiger partial charge in [-0.3, -0.25) is 9.59 Å². The molecular weight excluding hydrogens is 420 g/mol. The van der Waals surface area contributed by atoms with E-state index in [9.17, 15) is 14.7 Å². The summed E-state index contributed by atoms with van der Waals surface area (Å²) in [5, 5.41) is 11.7. The summed E-state index contributed by atoms with van der Waals surface area (Å²) in [7, 11) is -2.70. The van der Waals surface area contributed by atoms with E-state index in [1.54, 1.807) is 0 Å². The Bertz CT molecular complexity index is 867. The first-order valence-corrected chi connectivity index (χ1v) is 13.2. The predicted molar refractivity (Wildman–Crippen MR) is 128 cm³/mol. The minimum absolute atomic E-state index is 0.0211. The van der Waals surface area contributed by atoms with E-state index >= 15 is 0 Å². The predicted octanol–water partition coefficient (Wildman–Crippen LogP) is 4.00. The zero-order valence-electron chi connectivity index (χ0n) is 19.4. The van der Waals surface area contributed by atoms with Crippen LogP contribution in [-0.2, 0) is 18.8 Å². The highest BCUT2D eigenvalue weighted by atomic mass is 28.4. The highest BCUT2D eigenvalue weighted by molar-refractivity contribution is 6.99. The monoisotopic (exact) mass is 454 g/mol.